The summed E-state index contributed by atoms with van der Waals surface area (Å²) in [6.07, 6.45) is 5.58. The lowest BCUT2D eigenvalue weighted by molar-refractivity contribution is 0.0170. The van der Waals surface area contributed by atoms with Gasteiger partial charge in [-0.25, -0.2) is 0 Å². The Labute approximate surface area is 182 Å². The average Bonchev–Trinajstić information content (AvgIpc) is 3.19. The van der Waals surface area contributed by atoms with Gasteiger partial charge in [-0.1, -0.05) is 0 Å². The van der Waals surface area contributed by atoms with Gasteiger partial charge in [0.15, 0.2) is 5.96 Å². The molecule has 0 bridgehead atoms. The van der Waals surface area contributed by atoms with E-state index in [0.29, 0.717) is 12.7 Å². The van der Waals surface area contributed by atoms with Gasteiger partial charge < -0.3 is 24.3 Å². The van der Waals surface area contributed by atoms with Gasteiger partial charge in [0.2, 0.25) is 0 Å². The molecule has 2 rings (SSSR count). The monoisotopic (exact) mass is 542 g/mol. The molecule has 1 saturated heterocycles. The largest absolute Gasteiger partial charge is 0.379 e. The van der Waals surface area contributed by atoms with E-state index in [2.05, 4.69) is 64.0 Å². The van der Waals surface area contributed by atoms with E-state index in [0.717, 1.165) is 62.5 Å². The summed E-state index contributed by atoms with van der Waals surface area (Å²) in [6.45, 7) is 6.85. The van der Waals surface area contributed by atoms with Crippen LogP contribution >= 0.6 is 39.9 Å². The van der Waals surface area contributed by atoms with E-state index in [9.17, 15) is 0 Å². The Morgan fingerprint density at radius 2 is 2.35 bits per heavy atom. The summed E-state index contributed by atoms with van der Waals surface area (Å²) in [7, 11) is 4.12. The number of halogens is 2. The van der Waals surface area contributed by atoms with Gasteiger partial charge in [0, 0.05) is 56.8 Å². The van der Waals surface area contributed by atoms with E-state index in [1.54, 1.807) is 0 Å². The lowest BCUT2D eigenvalue weighted by Crippen LogP contribution is -2.39. The first-order chi connectivity index (χ1) is 12.1. The Morgan fingerprint density at radius 3 is 2.96 bits per heavy atom. The molecular formula is C18H32BrIN4O2. The van der Waals surface area contributed by atoms with Gasteiger partial charge in [0.1, 0.15) is 0 Å². The molecule has 1 aliphatic heterocycles. The number of aryl methyl sites for hydroxylation is 1. The minimum Gasteiger partial charge on any atom is -0.379 e. The van der Waals surface area contributed by atoms with Crippen LogP contribution in [-0.4, -0.2) is 61.5 Å². The molecule has 150 valence electrons. The summed E-state index contributed by atoms with van der Waals surface area (Å²) >= 11 is 3.52. The van der Waals surface area contributed by atoms with E-state index in [1.807, 2.05) is 0 Å². The van der Waals surface area contributed by atoms with Crippen molar-refractivity contribution in [2.24, 2.45) is 12.0 Å². The van der Waals surface area contributed by atoms with Crippen LogP contribution in [0.5, 0.6) is 0 Å². The van der Waals surface area contributed by atoms with Crippen molar-refractivity contribution in [2.45, 2.75) is 38.8 Å². The van der Waals surface area contributed by atoms with Crippen LogP contribution in [0.1, 0.15) is 31.9 Å². The zero-order valence-electron chi connectivity index (χ0n) is 16.0. The number of rotatable bonds is 9. The number of guanidine groups is 1. The predicted octanol–water partition coefficient (Wildman–Crippen LogP) is 3.39. The predicted molar refractivity (Wildman–Crippen MR) is 120 cm³/mol. The molecule has 8 heteroatoms. The van der Waals surface area contributed by atoms with Crippen molar-refractivity contribution in [2.75, 3.05) is 40.0 Å². The number of nitrogens with one attached hydrogen (secondary N) is 1. The smallest absolute Gasteiger partial charge is 0.194 e. The standard InChI is InChI=1S/C18H31BrN4O2.HI/c1-4-20-18(23(3)13-16-11-15(19)12-22(16)2)21-8-6-9-24-14-17-7-5-10-25-17;/h11-12,17H,4-10,13-14H2,1-3H3,(H,20,21);1H. The molecule has 1 atom stereocenters. The topological polar surface area (TPSA) is 51.0 Å². The lowest BCUT2D eigenvalue weighted by atomic mass is 10.2. The second-order valence-corrected chi connectivity index (χ2v) is 7.33. The van der Waals surface area contributed by atoms with Crippen LogP contribution in [0.4, 0.5) is 0 Å². The van der Waals surface area contributed by atoms with Crippen LogP contribution in [0.25, 0.3) is 0 Å². The highest BCUT2D eigenvalue weighted by atomic mass is 127. The van der Waals surface area contributed by atoms with Crippen LogP contribution in [0.2, 0.25) is 0 Å². The summed E-state index contributed by atoms with van der Waals surface area (Å²) in [5, 5.41) is 3.36. The van der Waals surface area contributed by atoms with Crippen molar-refractivity contribution in [1.29, 1.82) is 0 Å². The van der Waals surface area contributed by atoms with E-state index in [1.165, 1.54) is 5.69 Å². The molecule has 1 unspecified atom stereocenters. The van der Waals surface area contributed by atoms with Crippen LogP contribution < -0.4 is 5.32 Å². The molecular weight excluding hydrogens is 511 g/mol. The van der Waals surface area contributed by atoms with Crippen molar-refractivity contribution in [3.8, 4) is 0 Å². The number of aliphatic imine (C=N–C) groups is 1. The fraction of sp³-hybridized carbons (Fsp3) is 0.722. The van der Waals surface area contributed by atoms with Gasteiger partial charge >= 0.3 is 0 Å². The summed E-state index contributed by atoms with van der Waals surface area (Å²) in [4.78, 5) is 6.87. The lowest BCUT2D eigenvalue weighted by Gasteiger charge is -2.22. The zero-order chi connectivity index (χ0) is 18.1. The highest BCUT2D eigenvalue weighted by molar-refractivity contribution is 14.0. The Kier molecular flexibility index (Phi) is 11.8. The highest BCUT2D eigenvalue weighted by Gasteiger charge is 2.15. The van der Waals surface area contributed by atoms with Gasteiger partial charge in [-0.15, -0.1) is 24.0 Å². The molecule has 1 aromatic rings. The Morgan fingerprint density at radius 1 is 1.54 bits per heavy atom. The molecule has 6 nitrogen and oxygen atoms in total. The van der Waals surface area contributed by atoms with Crippen LogP contribution in [-0.2, 0) is 23.1 Å². The molecule has 2 heterocycles. The minimum absolute atomic E-state index is 0. The maximum absolute atomic E-state index is 5.70. The van der Waals surface area contributed by atoms with Crippen LogP contribution in [0.3, 0.4) is 0 Å². The number of nitrogens with zero attached hydrogens (tertiary/aromatic N) is 3. The van der Waals surface area contributed by atoms with E-state index in [-0.39, 0.29) is 24.0 Å². The molecule has 26 heavy (non-hydrogen) atoms. The first-order valence-corrected chi connectivity index (χ1v) is 9.89. The third kappa shape index (κ3) is 8.14. The number of aromatic nitrogens is 1. The van der Waals surface area contributed by atoms with Crippen molar-refractivity contribution in [1.82, 2.24) is 14.8 Å². The Hall–Kier alpha value is -0.320. The zero-order valence-corrected chi connectivity index (χ0v) is 20.0. The second kappa shape index (κ2) is 13.0. The quantitative estimate of drug-likeness (QED) is 0.225. The van der Waals surface area contributed by atoms with E-state index < -0.39 is 0 Å². The Balaban J connectivity index is 0.00000338. The van der Waals surface area contributed by atoms with Crippen LogP contribution in [0.15, 0.2) is 21.7 Å². The summed E-state index contributed by atoms with van der Waals surface area (Å²) < 4.78 is 14.5. The maximum Gasteiger partial charge on any atom is 0.194 e. The van der Waals surface area contributed by atoms with Gasteiger partial charge in [0.05, 0.1) is 19.3 Å². The normalized spacial score (nSPS) is 17.2. The fourth-order valence-corrected chi connectivity index (χ4v) is 3.42. The summed E-state index contributed by atoms with van der Waals surface area (Å²) in [6, 6.07) is 2.14. The first kappa shape index (κ1) is 23.7. The van der Waals surface area contributed by atoms with Crippen molar-refractivity contribution in [3.63, 3.8) is 0 Å². The number of hydrogen-bond donors (Lipinski definition) is 1. The molecule has 0 aromatic carbocycles. The van der Waals surface area contributed by atoms with Gasteiger partial charge in [-0.05, 0) is 48.2 Å². The number of hydrogen-bond acceptors (Lipinski definition) is 3. The van der Waals surface area contributed by atoms with Gasteiger partial charge in [-0.2, -0.15) is 0 Å². The molecule has 0 amide bonds. The fourth-order valence-electron chi connectivity index (χ4n) is 2.85. The van der Waals surface area contributed by atoms with E-state index >= 15 is 0 Å². The molecule has 0 aliphatic carbocycles. The molecule has 0 saturated carbocycles. The van der Waals surface area contributed by atoms with Crippen molar-refractivity contribution in [3.05, 3.63) is 22.4 Å². The first-order valence-electron chi connectivity index (χ1n) is 9.09. The highest BCUT2D eigenvalue weighted by Crippen LogP contribution is 2.15. The number of ether oxygens (including phenoxy) is 2. The molecule has 0 spiro atoms. The third-order valence-electron chi connectivity index (χ3n) is 4.21. The second-order valence-electron chi connectivity index (χ2n) is 6.42. The summed E-state index contributed by atoms with van der Waals surface area (Å²) in [5.41, 5.74) is 1.24. The minimum atomic E-state index is 0. The maximum atomic E-state index is 5.70. The van der Waals surface area contributed by atoms with Gasteiger partial charge in [-0.3, -0.25) is 4.99 Å². The molecule has 1 fully saturated rings. The van der Waals surface area contributed by atoms with Crippen molar-refractivity contribution >= 4 is 45.9 Å². The SMILES string of the molecule is CCNC(=NCCCOCC1CCCO1)N(C)Cc1cc(Br)cn1C.I. The van der Waals surface area contributed by atoms with Crippen molar-refractivity contribution < 1.29 is 9.47 Å². The molecule has 0 radical (unpaired) electrons. The Bertz CT molecular complexity index is 547. The van der Waals surface area contributed by atoms with Gasteiger partial charge in [0.25, 0.3) is 0 Å². The van der Waals surface area contributed by atoms with E-state index in [4.69, 9.17) is 14.5 Å². The molecule has 1 aliphatic rings. The van der Waals surface area contributed by atoms with Crippen LogP contribution in [0, 0.1) is 0 Å². The molecule has 1 N–H and O–H groups in total. The third-order valence-corrected chi connectivity index (χ3v) is 4.64. The average molecular weight is 543 g/mol. The molecule has 1 aromatic heterocycles. The summed E-state index contributed by atoms with van der Waals surface area (Å²) in [5.74, 6) is 0.930.